The summed E-state index contributed by atoms with van der Waals surface area (Å²) in [5, 5.41) is 4.16. The second kappa shape index (κ2) is 3.63. The number of rotatable bonds is 0. The van der Waals surface area contributed by atoms with Gasteiger partial charge in [-0.3, -0.25) is 0 Å². The Morgan fingerprint density at radius 3 is 2.43 bits per heavy atom. The molecule has 7 heavy (non-hydrogen) atoms. The quantitative estimate of drug-likeness (QED) is 0.630. The second-order valence-electron chi connectivity index (χ2n) is 2.02. The van der Waals surface area contributed by atoms with Gasteiger partial charge in [0, 0.05) is 21.1 Å². The third-order valence-corrected chi connectivity index (χ3v) is 1.22. The van der Waals surface area contributed by atoms with Crippen molar-refractivity contribution in [2.75, 3.05) is 13.1 Å². The summed E-state index contributed by atoms with van der Waals surface area (Å²) in [5.41, 5.74) is 0. The molecule has 1 heterocycles. The maximum Gasteiger partial charge on any atom is 0 e. The maximum absolute atomic E-state index is 4.16. The van der Waals surface area contributed by atoms with E-state index in [1.807, 2.05) is 0 Å². The van der Waals surface area contributed by atoms with E-state index in [1.54, 1.807) is 0 Å². The molecule has 0 spiro atoms. The summed E-state index contributed by atoms with van der Waals surface area (Å²) < 4.78 is 0. The van der Waals surface area contributed by atoms with E-state index < -0.39 is 0 Å². The normalized spacial score (nSPS) is 29.6. The van der Waals surface area contributed by atoms with Crippen molar-refractivity contribution in [2.24, 2.45) is 5.92 Å². The molecule has 2 heteroatoms. The molecule has 1 nitrogen and oxygen atoms in total. The molecule has 1 rings (SSSR count). The van der Waals surface area contributed by atoms with E-state index in [1.165, 1.54) is 6.42 Å². The molecular formula is C5H10NW-. The summed E-state index contributed by atoms with van der Waals surface area (Å²) in [5.74, 6) is 0.880. The summed E-state index contributed by atoms with van der Waals surface area (Å²) in [4.78, 5) is 0. The Balaban J connectivity index is 0.000000360. The molecule has 0 radical (unpaired) electrons. The van der Waals surface area contributed by atoms with Crippen molar-refractivity contribution >= 4 is 0 Å². The molecule has 0 bridgehead atoms. The fraction of sp³-hybridized carbons (Fsp3) is 1.00. The molecule has 0 amide bonds. The molecule has 0 aromatic heterocycles. The molecule has 0 aromatic carbocycles. The molecule has 1 aliphatic heterocycles. The molecule has 1 saturated heterocycles. The van der Waals surface area contributed by atoms with E-state index in [0.29, 0.717) is 0 Å². The van der Waals surface area contributed by atoms with Gasteiger partial charge in [-0.1, -0.05) is 19.3 Å². The van der Waals surface area contributed by atoms with Crippen LogP contribution in [0.1, 0.15) is 13.3 Å². The summed E-state index contributed by atoms with van der Waals surface area (Å²) in [7, 11) is 0. The molecule has 0 aliphatic carbocycles. The molecule has 1 unspecified atom stereocenters. The second-order valence-corrected chi connectivity index (χ2v) is 2.02. The minimum absolute atomic E-state index is 0. The number of nitrogens with zero attached hydrogens (tertiary/aromatic N) is 1. The zero-order chi connectivity index (χ0) is 4.41. The van der Waals surface area contributed by atoms with Gasteiger partial charge in [0.25, 0.3) is 0 Å². The van der Waals surface area contributed by atoms with Crippen molar-refractivity contribution < 1.29 is 21.1 Å². The van der Waals surface area contributed by atoms with Gasteiger partial charge >= 0.3 is 0 Å². The molecule has 1 atom stereocenters. The molecule has 0 N–H and O–H groups in total. The Bertz CT molecular complexity index is 41.3. The molecule has 1 aliphatic rings. The first-order valence-electron chi connectivity index (χ1n) is 2.53. The first-order chi connectivity index (χ1) is 2.89. The summed E-state index contributed by atoms with van der Waals surface area (Å²) in [6.45, 7) is 4.47. The van der Waals surface area contributed by atoms with Crippen LogP contribution >= 0.6 is 0 Å². The van der Waals surface area contributed by atoms with E-state index in [2.05, 4.69) is 12.2 Å². The summed E-state index contributed by atoms with van der Waals surface area (Å²) in [6, 6.07) is 0. The number of hydrogen-bond acceptors (Lipinski definition) is 0. The van der Waals surface area contributed by atoms with Gasteiger partial charge in [-0.25, -0.2) is 0 Å². The van der Waals surface area contributed by atoms with Gasteiger partial charge in [0.2, 0.25) is 0 Å². The Labute approximate surface area is 59.1 Å². The van der Waals surface area contributed by atoms with Crippen molar-refractivity contribution in [3.05, 3.63) is 5.32 Å². The Morgan fingerprint density at radius 1 is 1.57 bits per heavy atom. The third kappa shape index (κ3) is 2.46. The Hall–Kier alpha value is 0.648. The zero-order valence-corrected chi connectivity index (χ0v) is 7.49. The van der Waals surface area contributed by atoms with Crippen molar-refractivity contribution in [2.45, 2.75) is 13.3 Å². The average molecular weight is 268 g/mol. The largest absolute Gasteiger partial charge is 0.662 e. The topological polar surface area (TPSA) is 14.1 Å². The Kier molecular flexibility index (Phi) is 3.96. The molecule has 0 saturated carbocycles. The third-order valence-electron chi connectivity index (χ3n) is 1.22. The molecule has 1 fully saturated rings. The minimum Gasteiger partial charge on any atom is -0.662 e. The molecule has 42 valence electrons. The van der Waals surface area contributed by atoms with Crippen LogP contribution in [0.4, 0.5) is 0 Å². The van der Waals surface area contributed by atoms with Crippen molar-refractivity contribution in [3.8, 4) is 0 Å². The van der Waals surface area contributed by atoms with Crippen LogP contribution in [0.15, 0.2) is 0 Å². The maximum atomic E-state index is 4.16. The molecule has 0 aromatic rings. The van der Waals surface area contributed by atoms with Crippen LogP contribution in [-0.2, 0) is 21.1 Å². The minimum atomic E-state index is 0. The Morgan fingerprint density at radius 2 is 2.29 bits per heavy atom. The SMILES string of the molecule is CC1CC[N-]C1.[W]. The zero-order valence-electron chi connectivity index (χ0n) is 4.55. The van der Waals surface area contributed by atoms with Crippen LogP contribution < -0.4 is 0 Å². The van der Waals surface area contributed by atoms with Crippen molar-refractivity contribution in [1.82, 2.24) is 0 Å². The van der Waals surface area contributed by atoms with Crippen LogP contribution in [-0.4, -0.2) is 13.1 Å². The fourth-order valence-corrected chi connectivity index (χ4v) is 0.715. The van der Waals surface area contributed by atoms with E-state index in [4.69, 9.17) is 0 Å². The van der Waals surface area contributed by atoms with Crippen LogP contribution in [0.2, 0.25) is 0 Å². The predicted octanol–water partition coefficient (Wildman–Crippen LogP) is 1.40. The summed E-state index contributed by atoms with van der Waals surface area (Å²) >= 11 is 0. The van der Waals surface area contributed by atoms with Gasteiger partial charge in [0.1, 0.15) is 0 Å². The smallest absolute Gasteiger partial charge is 0 e. The van der Waals surface area contributed by atoms with Gasteiger partial charge in [-0.05, 0) is 0 Å². The monoisotopic (exact) mass is 268 g/mol. The van der Waals surface area contributed by atoms with Crippen LogP contribution in [0, 0.1) is 5.92 Å². The van der Waals surface area contributed by atoms with Crippen LogP contribution in [0.25, 0.3) is 5.32 Å². The fourth-order valence-electron chi connectivity index (χ4n) is 0.715. The standard InChI is InChI=1S/C5H10N.W/c1-5-2-3-6-4-5;/h5H,2-4H2,1H3;/q-1;. The van der Waals surface area contributed by atoms with Gasteiger partial charge in [-0.15, -0.1) is 13.1 Å². The van der Waals surface area contributed by atoms with E-state index in [-0.39, 0.29) is 21.1 Å². The van der Waals surface area contributed by atoms with E-state index in [9.17, 15) is 0 Å². The average Bonchev–Trinajstić information content (AvgIpc) is 1.86. The van der Waals surface area contributed by atoms with Crippen LogP contribution in [0.5, 0.6) is 0 Å². The van der Waals surface area contributed by atoms with E-state index in [0.717, 1.165) is 19.0 Å². The van der Waals surface area contributed by atoms with Crippen LogP contribution in [0.3, 0.4) is 0 Å². The summed E-state index contributed by atoms with van der Waals surface area (Å²) in [6.07, 6.45) is 1.32. The van der Waals surface area contributed by atoms with Crippen molar-refractivity contribution in [1.29, 1.82) is 0 Å². The first kappa shape index (κ1) is 7.65. The van der Waals surface area contributed by atoms with Gasteiger partial charge < -0.3 is 5.32 Å². The van der Waals surface area contributed by atoms with Crippen molar-refractivity contribution in [3.63, 3.8) is 0 Å². The van der Waals surface area contributed by atoms with Gasteiger partial charge in [-0.2, -0.15) is 0 Å². The first-order valence-corrected chi connectivity index (χ1v) is 2.53. The number of hydrogen-bond donors (Lipinski definition) is 0. The predicted molar refractivity (Wildman–Crippen MR) is 26.9 cm³/mol. The van der Waals surface area contributed by atoms with E-state index >= 15 is 0 Å². The van der Waals surface area contributed by atoms with Gasteiger partial charge in [0.15, 0.2) is 0 Å². The van der Waals surface area contributed by atoms with Gasteiger partial charge in [0.05, 0.1) is 0 Å². The molecular weight excluding hydrogens is 258 g/mol.